The van der Waals surface area contributed by atoms with Crippen LogP contribution in [0.4, 0.5) is 0 Å². The molecule has 8 heavy (non-hydrogen) atoms. The van der Waals surface area contributed by atoms with Gasteiger partial charge in [0.2, 0.25) is 0 Å². The second-order valence-corrected chi connectivity index (χ2v) is 1.11. The van der Waals surface area contributed by atoms with E-state index in [1.807, 2.05) is 0 Å². The van der Waals surface area contributed by atoms with E-state index in [2.05, 4.69) is 9.47 Å². The summed E-state index contributed by atoms with van der Waals surface area (Å²) in [4.78, 5) is 0. The second-order valence-electron chi connectivity index (χ2n) is 1.11. The zero-order valence-corrected chi connectivity index (χ0v) is 10.4. The molecule has 0 aliphatic carbocycles. The monoisotopic (exact) mass is 264 g/mol. The fraction of sp³-hybridized carbons (Fsp3) is 0.500. The van der Waals surface area contributed by atoms with Gasteiger partial charge in [0.15, 0.2) is 0 Å². The summed E-state index contributed by atoms with van der Waals surface area (Å²) in [5, 5.41) is 0. The van der Waals surface area contributed by atoms with Gasteiger partial charge in [-0.3, -0.25) is 0 Å². The van der Waals surface area contributed by atoms with Gasteiger partial charge < -0.3 is 9.47 Å². The molecule has 0 spiro atoms. The van der Waals surface area contributed by atoms with Crippen molar-refractivity contribution in [2.45, 2.75) is 6.10 Å². The Kier molecular flexibility index (Phi) is 11.6. The van der Waals surface area contributed by atoms with Crippen LogP contribution >= 0.6 is 0 Å². The van der Waals surface area contributed by atoms with Gasteiger partial charge in [0, 0.05) is 65.4 Å². The molecule has 0 aromatic carbocycles. The van der Waals surface area contributed by atoms with E-state index in [1.54, 1.807) is 20.3 Å². The summed E-state index contributed by atoms with van der Waals surface area (Å²) in [5.74, 6) is 0. The summed E-state index contributed by atoms with van der Waals surface area (Å²) in [6, 6.07) is 0. The molecule has 0 aromatic rings. The fourth-order valence-electron chi connectivity index (χ4n) is 0.244. The first-order chi connectivity index (χ1) is 2.93. The third-order valence-electron chi connectivity index (χ3n) is 0.563. The molecule has 1 aliphatic heterocycles. The Morgan fingerprint density at radius 1 is 1.62 bits per heavy atom. The topological polar surface area (TPSA) is 21.8 Å². The fourth-order valence-corrected chi connectivity index (χ4v) is 0.244. The maximum absolute atomic E-state index is 4.64. The molecule has 0 amide bonds. The number of rotatable bonds is 2. The summed E-state index contributed by atoms with van der Waals surface area (Å²) in [6.07, 6.45) is 0.176. The van der Waals surface area contributed by atoms with Crippen LogP contribution in [0.3, 0.4) is 0 Å². The molecule has 0 saturated carbocycles. The Morgan fingerprint density at radius 2 is 2.12 bits per heavy atom. The van der Waals surface area contributed by atoms with E-state index >= 15 is 0 Å². The zero-order chi connectivity index (χ0) is 4.41. The van der Waals surface area contributed by atoms with Gasteiger partial charge in [0.1, 0.15) is 0 Å². The average molecular weight is 264 g/mol. The molecule has 0 bridgehead atoms. The van der Waals surface area contributed by atoms with Gasteiger partial charge in [0.05, 0.1) is 0 Å². The Balaban J connectivity index is 0. The molecule has 1 atom stereocenters. The van der Waals surface area contributed by atoms with E-state index in [-0.39, 0.29) is 71.5 Å². The maximum Gasteiger partial charge on any atom is 0 e. The molecule has 42 valence electrons. The molecule has 1 aliphatic rings. The molecule has 1 saturated heterocycles. The molecule has 1 fully saturated rings. The van der Waals surface area contributed by atoms with Crippen LogP contribution < -0.4 is 0 Å². The molecule has 4 heteroatoms. The predicted molar refractivity (Wildman–Crippen MR) is 20.5 cm³/mol. The average Bonchev–Trinajstić information content (AvgIpc) is 2.21. The standard InChI is InChI=1S/C4H6O2.2Y/c1-5-2-4-3-6-4;;/h2-4H,1H3;;/q-2;;. The zero-order valence-electron chi connectivity index (χ0n) is 4.70. The third kappa shape index (κ3) is 6.25. The van der Waals surface area contributed by atoms with Crippen LogP contribution in [0.2, 0.25) is 0 Å². The van der Waals surface area contributed by atoms with Crippen molar-refractivity contribution in [3.8, 4) is 0 Å². The molecule has 1 unspecified atom stereocenters. The molecule has 2 nitrogen and oxygen atoms in total. The van der Waals surface area contributed by atoms with Crippen molar-refractivity contribution in [3.05, 3.63) is 13.2 Å². The quantitative estimate of drug-likeness (QED) is 0.530. The van der Waals surface area contributed by atoms with E-state index in [9.17, 15) is 0 Å². The Labute approximate surface area is 99.8 Å². The molecule has 0 aromatic heterocycles. The van der Waals surface area contributed by atoms with Gasteiger partial charge in [-0.25, -0.2) is 13.2 Å². The molecule has 1 heterocycles. The number of methoxy groups -OCH3 is 1. The minimum Gasteiger partial charge on any atom is -0.601 e. The molecular weight excluding hydrogens is 258 g/mol. The van der Waals surface area contributed by atoms with Crippen LogP contribution in [-0.4, -0.2) is 13.2 Å². The van der Waals surface area contributed by atoms with Gasteiger partial charge in [0.25, 0.3) is 0 Å². The van der Waals surface area contributed by atoms with Crippen LogP contribution in [0.1, 0.15) is 0 Å². The van der Waals surface area contributed by atoms with Gasteiger partial charge in [-0.1, -0.05) is 0 Å². The summed E-state index contributed by atoms with van der Waals surface area (Å²) >= 11 is 0. The smallest absolute Gasteiger partial charge is 0 e. The Bertz CT molecular complexity index is 47.3. The van der Waals surface area contributed by atoms with Crippen LogP contribution in [0.5, 0.6) is 0 Å². The van der Waals surface area contributed by atoms with Gasteiger partial charge >= 0.3 is 0 Å². The van der Waals surface area contributed by atoms with Gasteiger partial charge in [-0.2, -0.15) is 6.10 Å². The summed E-state index contributed by atoms with van der Waals surface area (Å²) < 4.78 is 9.23. The van der Waals surface area contributed by atoms with Crippen molar-refractivity contribution < 1.29 is 74.9 Å². The Morgan fingerprint density at radius 3 is 2.25 bits per heavy atom. The summed E-state index contributed by atoms with van der Waals surface area (Å²) in [7, 11) is 1.61. The maximum atomic E-state index is 4.64. The normalized spacial score (nSPS) is 22.9. The SMILES string of the molecule is CO[CH-]C1[CH-]O1.[Y].[Y]. The summed E-state index contributed by atoms with van der Waals surface area (Å²) in [5.41, 5.74) is 0. The van der Waals surface area contributed by atoms with E-state index in [1.165, 1.54) is 0 Å². The summed E-state index contributed by atoms with van der Waals surface area (Å²) in [6.45, 7) is 3.32. The van der Waals surface area contributed by atoms with Crippen molar-refractivity contribution in [1.29, 1.82) is 0 Å². The Hall–Kier alpha value is 2.13. The number of epoxide rings is 1. The van der Waals surface area contributed by atoms with Crippen LogP contribution in [0.25, 0.3) is 0 Å². The van der Waals surface area contributed by atoms with E-state index in [0.717, 1.165) is 0 Å². The van der Waals surface area contributed by atoms with Gasteiger partial charge in [-0.15, -0.1) is 0 Å². The van der Waals surface area contributed by atoms with Gasteiger partial charge in [-0.05, 0) is 7.11 Å². The number of ether oxygens (including phenoxy) is 2. The van der Waals surface area contributed by atoms with Crippen molar-refractivity contribution >= 4 is 0 Å². The minimum absolute atomic E-state index is 0. The predicted octanol–water partition coefficient (Wildman–Crippen LogP) is 0.350. The van der Waals surface area contributed by atoms with Crippen molar-refractivity contribution in [1.82, 2.24) is 0 Å². The van der Waals surface area contributed by atoms with E-state index in [0.29, 0.717) is 0 Å². The molecule has 1 rings (SSSR count). The number of hydrogen-bond donors (Lipinski definition) is 0. The largest absolute Gasteiger partial charge is 0.601 e. The van der Waals surface area contributed by atoms with Crippen molar-refractivity contribution in [2.75, 3.05) is 7.11 Å². The first-order valence-corrected chi connectivity index (χ1v) is 1.78. The van der Waals surface area contributed by atoms with Crippen molar-refractivity contribution in [3.63, 3.8) is 0 Å². The van der Waals surface area contributed by atoms with Crippen LogP contribution in [0, 0.1) is 13.2 Å². The molecule has 2 radical (unpaired) electrons. The van der Waals surface area contributed by atoms with Crippen molar-refractivity contribution in [2.24, 2.45) is 0 Å². The molecular formula is C4H6O2Y2-2. The first-order valence-electron chi connectivity index (χ1n) is 1.78. The molecule has 0 N–H and O–H groups in total. The second kappa shape index (κ2) is 7.24. The minimum atomic E-state index is 0. The third-order valence-corrected chi connectivity index (χ3v) is 0.563. The van der Waals surface area contributed by atoms with E-state index < -0.39 is 0 Å². The van der Waals surface area contributed by atoms with Crippen LogP contribution in [-0.2, 0) is 74.9 Å². The van der Waals surface area contributed by atoms with E-state index in [4.69, 9.17) is 0 Å². The van der Waals surface area contributed by atoms with Crippen LogP contribution in [0.15, 0.2) is 0 Å². The number of hydrogen-bond acceptors (Lipinski definition) is 2. The first kappa shape index (κ1) is 12.8.